The van der Waals surface area contributed by atoms with Gasteiger partial charge in [0.15, 0.2) is 5.76 Å². The smallest absolute Gasteiger partial charge is 0.289 e. The van der Waals surface area contributed by atoms with Crippen LogP contribution < -0.4 is 0 Å². The van der Waals surface area contributed by atoms with E-state index in [1.54, 1.807) is 6.07 Å². The molecule has 0 spiro atoms. The number of piperazine rings is 1. The summed E-state index contributed by atoms with van der Waals surface area (Å²) in [6.45, 7) is 5.58. The van der Waals surface area contributed by atoms with Gasteiger partial charge in [0.05, 0.1) is 10.8 Å². The maximum absolute atomic E-state index is 12.3. The fraction of sp³-hybridized carbons (Fsp3) is 0.389. The first-order valence-electron chi connectivity index (χ1n) is 8.15. The standard InChI is InChI=1S/C18H22N2O3S/c1-15-7-8-17(23-15)18(21)20-11-9-19(10-12-20)13-14-24(22)16-5-3-2-4-6-16/h2-8H,9-14H2,1H3/t24-/m0/s1. The number of hydrogen-bond acceptors (Lipinski definition) is 4. The van der Waals surface area contributed by atoms with E-state index in [1.807, 2.05) is 48.2 Å². The van der Waals surface area contributed by atoms with Crippen LogP contribution in [-0.4, -0.2) is 58.4 Å². The van der Waals surface area contributed by atoms with E-state index < -0.39 is 10.8 Å². The normalized spacial score (nSPS) is 17.0. The average molecular weight is 346 g/mol. The maximum Gasteiger partial charge on any atom is 0.289 e. The van der Waals surface area contributed by atoms with Gasteiger partial charge in [-0.05, 0) is 31.2 Å². The molecule has 6 heteroatoms. The van der Waals surface area contributed by atoms with E-state index in [4.69, 9.17) is 4.42 Å². The second-order valence-electron chi connectivity index (χ2n) is 5.91. The number of amides is 1. The molecule has 2 aromatic rings. The van der Waals surface area contributed by atoms with Gasteiger partial charge >= 0.3 is 0 Å². The van der Waals surface area contributed by atoms with Crippen molar-refractivity contribution in [3.8, 4) is 0 Å². The third kappa shape index (κ3) is 4.13. The quantitative estimate of drug-likeness (QED) is 0.832. The number of nitrogens with zero attached hydrogens (tertiary/aromatic N) is 2. The first-order valence-corrected chi connectivity index (χ1v) is 9.47. The highest BCUT2D eigenvalue weighted by Crippen LogP contribution is 2.12. The summed E-state index contributed by atoms with van der Waals surface area (Å²) in [7, 11) is -0.967. The maximum atomic E-state index is 12.3. The van der Waals surface area contributed by atoms with Crippen LogP contribution in [0.3, 0.4) is 0 Å². The van der Waals surface area contributed by atoms with Gasteiger partial charge in [-0.1, -0.05) is 18.2 Å². The van der Waals surface area contributed by atoms with E-state index in [9.17, 15) is 9.00 Å². The van der Waals surface area contributed by atoms with Crippen molar-refractivity contribution < 1.29 is 13.4 Å². The minimum absolute atomic E-state index is 0.0457. The van der Waals surface area contributed by atoms with E-state index in [-0.39, 0.29) is 5.91 Å². The molecule has 1 aliphatic rings. The Morgan fingerprint density at radius 3 is 2.42 bits per heavy atom. The van der Waals surface area contributed by atoms with Crippen LogP contribution in [0.4, 0.5) is 0 Å². The summed E-state index contributed by atoms with van der Waals surface area (Å²) in [6, 6.07) is 13.1. The minimum Gasteiger partial charge on any atom is -0.456 e. The summed E-state index contributed by atoms with van der Waals surface area (Å²) in [4.78, 5) is 17.3. The van der Waals surface area contributed by atoms with Crippen LogP contribution in [-0.2, 0) is 10.8 Å². The first kappa shape index (κ1) is 16.9. The van der Waals surface area contributed by atoms with Crippen LogP contribution in [0, 0.1) is 6.92 Å². The average Bonchev–Trinajstić information content (AvgIpc) is 3.06. The molecule has 1 aromatic heterocycles. The fourth-order valence-corrected chi connectivity index (χ4v) is 3.90. The summed E-state index contributed by atoms with van der Waals surface area (Å²) >= 11 is 0. The largest absolute Gasteiger partial charge is 0.456 e. The molecule has 1 atom stereocenters. The lowest BCUT2D eigenvalue weighted by Crippen LogP contribution is -2.49. The summed E-state index contributed by atoms with van der Waals surface area (Å²) in [5.41, 5.74) is 0. The van der Waals surface area contributed by atoms with Crippen molar-refractivity contribution in [3.63, 3.8) is 0 Å². The molecule has 1 fully saturated rings. The summed E-state index contributed by atoms with van der Waals surface area (Å²) in [6.07, 6.45) is 0. The topological polar surface area (TPSA) is 53.8 Å². The number of hydrogen-bond donors (Lipinski definition) is 0. The lowest BCUT2D eigenvalue weighted by atomic mass is 10.3. The van der Waals surface area contributed by atoms with Crippen LogP contribution in [0.5, 0.6) is 0 Å². The molecule has 1 aliphatic heterocycles. The zero-order chi connectivity index (χ0) is 16.9. The van der Waals surface area contributed by atoms with Crippen LogP contribution >= 0.6 is 0 Å². The van der Waals surface area contributed by atoms with Crippen LogP contribution in [0.25, 0.3) is 0 Å². The van der Waals surface area contributed by atoms with Gasteiger partial charge in [-0.25, -0.2) is 0 Å². The van der Waals surface area contributed by atoms with E-state index in [0.717, 1.165) is 30.3 Å². The van der Waals surface area contributed by atoms with Crippen molar-refractivity contribution in [2.45, 2.75) is 11.8 Å². The molecule has 2 heterocycles. The monoisotopic (exact) mass is 346 g/mol. The van der Waals surface area contributed by atoms with Crippen molar-refractivity contribution >= 4 is 16.7 Å². The molecule has 1 amide bonds. The number of rotatable bonds is 5. The molecule has 0 N–H and O–H groups in total. The van der Waals surface area contributed by atoms with Crippen molar-refractivity contribution in [3.05, 3.63) is 54.0 Å². The van der Waals surface area contributed by atoms with Crippen molar-refractivity contribution in [2.75, 3.05) is 38.5 Å². The summed E-state index contributed by atoms with van der Waals surface area (Å²) in [5.74, 6) is 1.73. The second kappa shape index (κ2) is 7.77. The minimum atomic E-state index is -0.967. The Morgan fingerprint density at radius 1 is 1.08 bits per heavy atom. The van der Waals surface area contributed by atoms with Crippen LogP contribution in [0.1, 0.15) is 16.3 Å². The Morgan fingerprint density at radius 2 is 1.79 bits per heavy atom. The molecular weight excluding hydrogens is 324 g/mol. The molecule has 0 radical (unpaired) electrons. The van der Waals surface area contributed by atoms with Gasteiger partial charge in [0.1, 0.15) is 5.76 Å². The first-order chi connectivity index (χ1) is 11.6. The molecule has 0 unspecified atom stereocenters. The number of benzene rings is 1. The Hall–Kier alpha value is -1.92. The highest BCUT2D eigenvalue weighted by Gasteiger charge is 2.24. The molecule has 5 nitrogen and oxygen atoms in total. The number of aryl methyl sites for hydroxylation is 1. The number of carbonyl (C=O) groups is 1. The SMILES string of the molecule is Cc1ccc(C(=O)N2CCN(CC[S@](=O)c3ccccc3)CC2)o1. The molecule has 24 heavy (non-hydrogen) atoms. The molecule has 128 valence electrons. The molecule has 0 bridgehead atoms. The molecule has 0 saturated carbocycles. The van der Waals surface area contributed by atoms with Gasteiger partial charge < -0.3 is 9.32 Å². The van der Waals surface area contributed by atoms with Gasteiger partial charge in [0.2, 0.25) is 0 Å². The molecule has 1 saturated heterocycles. The van der Waals surface area contributed by atoms with Gasteiger partial charge in [-0.3, -0.25) is 13.9 Å². The third-order valence-electron chi connectivity index (χ3n) is 4.21. The zero-order valence-electron chi connectivity index (χ0n) is 13.8. The van der Waals surface area contributed by atoms with Crippen molar-refractivity contribution in [1.29, 1.82) is 0 Å². The lowest BCUT2D eigenvalue weighted by molar-refractivity contribution is 0.0612. The van der Waals surface area contributed by atoms with Gasteiger partial charge in [-0.15, -0.1) is 0 Å². The molecule has 0 aliphatic carbocycles. The van der Waals surface area contributed by atoms with Gasteiger partial charge in [0.25, 0.3) is 5.91 Å². The molecular formula is C18H22N2O3S. The Balaban J connectivity index is 1.45. The van der Waals surface area contributed by atoms with E-state index in [1.165, 1.54) is 0 Å². The second-order valence-corrected chi connectivity index (χ2v) is 7.48. The Kier molecular flexibility index (Phi) is 5.48. The lowest BCUT2D eigenvalue weighted by Gasteiger charge is -2.34. The van der Waals surface area contributed by atoms with Crippen molar-refractivity contribution in [2.24, 2.45) is 0 Å². The number of furan rings is 1. The van der Waals surface area contributed by atoms with Crippen LogP contribution in [0.15, 0.2) is 51.8 Å². The highest BCUT2D eigenvalue weighted by molar-refractivity contribution is 7.85. The highest BCUT2D eigenvalue weighted by atomic mass is 32.2. The molecule has 1 aromatic carbocycles. The zero-order valence-corrected chi connectivity index (χ0v) is 14.6. The Bertz CT molecular complexity index is 706. The number of carbonyl (C=O) groups excluding carboxylic acids is 1. The van der Waals surface area contributed by atoms with Crippen molar-refractivity contribution in [1.82, 2.24) is 9.80 Å². The van der Waals surface area contributed by atoms with Gasteiger partial charge in [-0.2, -0.15) is 0 Å². The summed E-state index contributed by atoms with van der Waals surface area (Å²) in [5, 5.41) is 0. The van der Waals surface area contributed by atoms with E-state index in [0.29, 0.717) is 24.6 Å². The van der Waals surface area contributed by atoms with E-state index in [2.05, 4.69) is 4.90 Å². The molecule has 3 rings (SSSR count). The predicted octanol–water partition coefficient (Wildman–Crippen LogP) is 2.15. The van der Waals surface area contributed by atoms with E-state index >= 15 is 0 Å². The predicted molar refractivity (Wildman–Crippen MR) is 93.5 cm³/mol. The summed E-state index contributed by atoms with van der Waals surface area (Å²) < 4.78 is 17.7. The van der Waals surface area contributed by atoms with Gasteiger partial charge in [0, 0.05) is 43.4 Å². The Labute approximate surface area is 144 Å². The van der Waals surface area contributed by atoms with Crippen LogP contribution in [0.2, 0.25) is 0 Å². The fourth-order valence-electron chi connectivity index (χ4n) is 2.78. The third-order valence-corrected chi connectivity index (χ3v) is 5.56.